The number of aromatic nitrogens is 2. The Morgan fingerprint density at radius 1 is 1.41 bits per heavy atom. The summed E-state index contributed by atoms with van der Waals surface area (Å²) in [5.74, 6) is 3.25. The van der Waals surface area contributed by atoms with Crippen molar-refractivity contribution in [2.45, 2.75) is 43.7 Å². The van der Waals surface area contributed by atoms with E-state index >= 15 is 0 Å². The van der Waals surface area contributed by atoms with E-state index in [9.17, 15) is 0 Å². The molecule has 1 aliphatic rings. The Morgan fingerprint density at radius 3 is 2.88 bits per heavy atom. The fourth-order valence-corrected chi connectivity index (χ4v) is 4.78. The van der Waals surface area contributed by atoms with Gasteiger partial charge in [-0.1, -0.05) is 12.1 Å². The Morgan fingerprint density at radius 2 is 2.18 bits per heavy atom. The van der Waals surface area contributed by atoms with E-state index in [1.54, 1.807) is 0 Å². The van der Waals surface area contributed by atoms with Crippen LogP contribution >= 0.6 is 23.5 Å². The summed E-state index contributed by atoms with van der Waals surface area (Å²) in [5, 5.41) is 8.24. The molecule has 2 rings (SSSR count). The van der Waals surface area contributed by atoms with Gasteiger partial charge in [0.05, 0.1) is 5.25 Å². The molecule has 1 saturated heterocycles. The van der Waals surface area contributed by atoms with Crippen LogP contribution in [-0.4, -0.2) is 32.9 Å². The van der Waals surface area contributed by atoms with Crippen molar-refractivity contribution in [2.24, 2.45) is 0 Å². The van der Waals surface area contributed by atoms with Crippen molar-refractivity contribution < 1.29 is 4.52 Å². The van der Waals surface area contributed by atoms with Crippen molar-refractivity contribution in [1.29, 1.82) is 0 Å². The predicted octanol–water partition coefficient (Wildman–Crippen LogP) is 3.19. The van der Waals surface area contributed by atoms with Crippen molar-refractivity contribution in [3.63, 3.8) is 0 Å². The number of nitrogens with one attached hydrogen (secondary N) is 1. The molecule has 0 bridgehead atoms. The highest BCUT2D eigenvalue weighted by molar-refractivity contribution is 8.06. The number of nitrogens with zero attached hydrogens (tertiary/aromatic N) is 2. The van der Waals surface area contributed by atoms with Gasteiger partial charge in [0.2, 0.25) is 0 Å². The maximum Gasteiger partial charge on any atom is 0.321 e. The van der Waals surface area contributed by atoms with E-state index < -0.39 is 0 Å². The van der Waals surface area contributed by atoms with Gasteiger partial charge in [-0.3, -0.25) is 0 Å². The SMILES string of the molecule is CCC1SCCSC1c1noc(NC(C)C)n1. The summed E-state index contributed by atoms with van der Waals surface area (Å²) in [7, 11) is 0. The summed E-state index contributed by atoms with van der Waals surface area (Å²) in [4.78, 5) is 4.45. The second kappa shape index (κ2) is 6.00. The van der Waals surface area contributed by atoms with E-state index in [2.05, 4.69) is 36.2 Å². The molecule has 17 heavy (non-hydrogen) atoms. The minimum atomic E-state index is 0.318. The van der Waals surface area contributed by atoms with Crippen molar-refractivity contribution in [3.8, 4) is 0 Å². The maximum absolute atomic E-state index is 5.23. The Hall–Kier alpha value is -0.360. The van der Waals surface area contributed by atoms with Crippen molar-refractivity contribution in [3.05, 3.63) is 5.82 Å². The van der Waals surface area contributed by atoms with Gasteiger partial charge in [0.15, 0.2) is 5.82 Å². The number of rotatable bonds is 4. The second-order valence-electron chi connectivity index (χ2n) is 4.37. The molecule has 1 aromatic heterocycles. The third kappa shape index (κ3) is 3.31. The van der Waals surface area contributed by atoms with Gasteiger partial charge in [-0.25, -0.2) is 0 Å². The molecule has 0 spiro atoms. The summed E-state index contributed by atoms with van der Waals surface area (Å²) in [5.41, 5.74) is 0. The van der Waals surface area contributed by atoms with Crippen LogP contribution in [-0.2, 0) is 0 Å². The van der Waals surface area contributed by atoms with Crippen LogP contribution in [0.3, 0.4) is 0 Å². The molecule has 96 valence electrons. The van der Waals surface area contributed by atoms with E-state index in [0.29, 0.717) is 22.6 Å². The largest absolute Gasteiger partial charge is 0.336 e. The lowest BCUT2D eigenvalue weighted by atomic mass is 10.2. The van der Waals surface area contributed by atoms with Gasteiger partial charge < -0.3 is 9.84 Å². The van der Waals surface area contributed by atoms with Crippen molar-refractivity contribution >= 4 is 29.5 Å². The topological polar surface area (TPSA) is 51.0 Å². The molecule has 6 heteroatoms. The zero-order valence-corrected chi connectivity index (χ0v) is 12.1. The van der Waals surface area contributed by atoms with Gasteiger partial charge in [0.1, 0.15) is 0 Å². The molecule has 0 saturated carbocycles. The minimum Gasteiger partial charge on any atom is -0.336 e. The molecular weight excluding hydrogens is 254 g/mol. The number of hydrogen-bond donors (Lipinski definition) is 1. The molecule has 0 radical (unpaired) electrons. The number of thioether (sulfide) groups is 2. The van der Waals surface area contributed by atoms with Crippen LogP contribution in [0.25, 0.3) is 0 Å². The highest BCUT2D eigenvalue weighted by Gasteiger charge is 2.30. The van der Waals surface area contributed by atoms with Crippen molar-refractivity contribution in [1.82, 2.24) is 10.1 Å². The fourth-order valence-electron chi connectivity index (χ4n) is 1.80. The Bertz CT molecular complexity index is 356. The second-order valence-corrected chi connectivity index (χ2v) is 6.96. The molecule has 0 aliphatic carbocycles. The normalized spacial score (nSPS) is 25.2. The highest BCUT2D eigenvalue weighted by Crippen LogP contribution is 2.43. The highest BCUT2D eigenvalue weighted by atomic mass is 32.2. The lowest BCUT2D eigenvalue weighted by Crippen LogP contribution is -2.19. The first-order valence-electron chi connectivity index (χ1n) is 6.04. The zero-order chi connectivity index (χ0) is 12.3. The Balaban J connectivity index is 2.07. The molecule has 1 fully saturated rings. The van der Waals surface area contributed by atoms with E-state index in [1.807, 2.05) is 23.5 Å². The molecule has 1 N–H and O–H groups in total. The van der Waals surface area contributed by atoms with Crippen LogP contribution in [0.4, 0.5) is 6.01 Å². The summed E-state index contributed by atoms with van der Waals surface area (Å²) in [6.07, 6.45) is 1.16. The van der Waals surface area contributed by atoms with Gasteiger partial charge in [-0.2, -0.15) is 16.7 Å². The Labute approximate surface area is 111 Å². The van der Waals surface area contributed by atoms with Crippen LogP contribution in [0.1, 0.15) is 38.3 Å². The molecule has 0 aromatic carbocycles. The summed E-state index contributed by atoms with van der Waals surface area (Å²) in [6, 6.07) is 0.861. The van der Waals surface area contributed by atoms with Crippen LogP contribution in [0.15, 0.2) is 4.52 Å². The van der Waals surface area contributed by atoms with Crippen LogP contribution in [0.5, 0.6) is 0 Å². The summed E-state index contributed by atoms with van der Waals surface area (Å²) < 4.78 is 5.23. The van der Waals surface area contributed by atoms with E-state index in [1.165, 1.54) is 11.5 Å². The quantitative estimate of drug-likeness (QED) is 0.909. The predicted molar refractivity (Wildman–Crippen MR) is 74.8 cm³/mol. The molecular formula is C11H19N3OS2. The third-order valence-electron chi connectivity index (χ3n) is 2.56. The van der Waals surface area contributed by atoms with Gasteiger partial charge >= 0.3 is 6.01 Å². The minimum absolute atomic E-state index is 0.318. The third-order valence-corrected chi connectivity index (χ3v) is 5.80. The van der Waals surface area contributed by atoms with Gasteiger partial charge in [-0.05, 0) is 20.3 Å². The molecule has 2 atom stereocenters. The van der Waals surface area contributed by atoms with E-state index in [0.717, 1.165) is 12.2 Å². The average molecular weight is 273 g/mol. The monoisotopic (exact) mass is 273 g/mol. The molecule has 1 aliphatic heterocycles. The van der Waals surface area contributed by atoms with Crippen LogP contribution in [0, 0.1) is 0 Å². The zero-order valence-electron chi connectivity index (χ0n) is 10.5. The number of anilines is 1. The van der Waals surface area contributed by atoms with Gasteiger partial charge in [-0.15, -0.1) is 11.8 Å². The first-order valence-corrected chi connectivity index (χ1v) is 8.13. The maximum atomic E-state index is 5.23. The molecule has 4 nitrogen and oxygen atoms in total. The first-order chi connectivity index (χ1) is 8.20. The first kappa shape index (κ1) is 13.1. The van der Waals surface area contributed by atoms with Crippen LogP contribution < -0.4 is 5.32 Å². The fraction of sp³-hybridized carbons (Fsp3) is 0.818. The number of hydrogen-bond acceptors (Lipinski definition) is 6. The van der Waals surface area contributed by atoms with Crippen molar-refractivity contribution in [2.75, 3.05) is 16.8 Å². The smallest absolute Gasteiger partial charge is 0.321 e. The summed E-state index contributed by atoms with van der Waals surface area (Å²) >= 11 is 3.97. The molecule has 1 aromatic rings. The van der Waals surface area contributed by atoms with Crippen LogP contribution in [0.2, 0.25) is 0 Å². The van der Waals surface area contributed by atoms with E-state index in [4.69, 9.17) is 4.52 Å². The lowest BCUT2D eigenvalue weighted by molar-refractivity contribution is 0.419. The van der Waals surface area contributed by atoms with E-state index in [-0.39, 0.29) is 0 Å². The van der Waals surface area contributed by atoms with Gasteiger partial charge in [0, 0.05) is 22.8 Å². The standard InChI is InChI=1S/C11H19N3OS2/c1-4-8-9(17-6-5-16-8)10-13-11(15-14-10)12-7(2)3/h7-9H,4-6H2,1-3H3,(H,12,13,14). The molecule has 2 heterocycles. The lowest BCUT2D eigenvalue weighted by Gasteiger charge is -2.27. The van der Waals surface area contributed by atoms with Gasteiger partial charge in [0.25, 0.3) is 0 Å². The summed E-state index contributed by atoms with van der Waals surface area (Å²) in [6.45, 7) is 6.35. The molecule has 0 amide bonds. The molecule has 2 unspecified atom stereocenters. The average Bonchev–Trinajstić information content (AvgIpc) is 2.76. The Kier molecular flexibility index (Phi) is 4.62.